The van der Waals surface area contributed by atoms with Crippen molar-refractivity contribution in [2.24, 2.45) is 5.92 Å². The molecule has 0 amide bonds. The fourth-order valence-corrected chi connectivity index (χ4v) is 2.70. The van der Waals surface area contributed by atoms with Crippen LogP contribution in [0.25, 0.3) is 0 Å². The quantitative estimate of drug-likeness (QED) is 0.780. The standard InChI is InChI=1S/C12H19ClN2/c1-2-9-4-3-5-10(6-9)12-14-8-11(7-13)15-12/h8-10H,2-7H2,1H3,(H,14,15). The molecule has 1 N–H and O–H groups in total. The number of H-pyrrole nitrogens is 1. The normalized spacial score (nSPS) is 26.8. The molecule has 2 nitrogen and oxygen atoms in total. The van der Waals surface area contributed by atoms with Crippen molar-refractivity contribution in [1.29, 1.82) is 0 Å². The summed E-state index contributed by atoms with van der Waals surface area (Å²) in [5.74, 6) is 3.23. The average Bonchev–Trinajstić information content (AvgIpc) is 2.78. The molecule has 1 saturated carbocycles. The number of nitrogens with zero attached hydrogens (tertiary/aromatic N) is 1. The van der Waals surface area contributed by atoms with Crippen molar-refractivity contribution in [3.63, 3.8) is 0 Å². The zero-order valence-corrected chi connectivity index (χ0v) is 10.1. The Morgan fingerprint density at radius 3 is 3.07 bits per heavy atom. The lowest BCUT2D eigenvalue weighted by Gasteiger charge is -2.27. The molecule has 1 heterocycles. The van der Waals surface area contributed by atoms with Crippen molar-refractivity contribution in [2.45, 2.75) is 50.8 Å². The number of halogens is 1. The van der Waals surface area contributed by atoms with Gasteiger partial charge >= 0.3 is 0 Å². The van der Waals surface area contributed by atoms with Gasteiger partial charge in [0, 0.05) is 17.8 Å². The van der Waals surface area contributed by atoms with Crippen molar-refractivity contribution in [3.05, 3.63) is 17.7 Å². The van der Waals surface area contributed by atoms with Crippen LogP contribution in [0.3, 0.4) is 0 Å². The van der Waals surface area contributed by atoms with Crippen molar-refractivity contribution < 1.29 is 0 Å². The first-order valence-corrected chi connectivity index (χ1v) is 6.46. The fourth-order valence-electron chi connectivity index (χ4n) is 2.56. The predicted octanol–water partition coefficient (Wildman–Crippen LogP) is 3.83. The van der Waals surface area contributed by atoms with E-state index in [0.29, 0.717) is 11.8 Å². The third-order valence-electron chi connectivity index (χ3n) is 3.54. The molecule has 0 aliphatic heterocycles. The topological polar surface area (TPSA) is 28.7 Å². The van der Waals surface area contributed by atoms with E-state index in [9.17, 15) is 0 Å². The van der Waals surface area contributed by atoms with Crippen LogP contribution in [0.5, 0.6) is 0 Å². The van der Waals surface area contributed by atoms with Gasteiger partial charge in [0.15, 0.2) is 0 Å². The van der Waals surface area contributed by atoms with Crippen LogP contribution in [-0.4, -0.2) is 9.97 Å². The molecule has 1 aromatic rings. The van der Waals surface area contributed by atoms with E-state index in [1.165, 1.54) is 32.1 Å². The average molecular weight is 227 g/mol. The molecule has 1 aromatic heterocycles. The molecule has 84 valence electrons. The summed E-state index contributed by atoms with van der Waals surface area (Å²) in [7, 11) is 0. The molecule has 2 rings (SSSR count). The second-order valence-corrected chi connectivity index (χ2v) is 4.83. The minimum Gasteiger partial charge on any atom is -0.345 e. The summed E-state index contributed by atoms with van der Waals surface area (Å²) in [6, 6.07) is 0. The molecule has 0 aromatic carbocycles. The maximum atomic E-state index is 5.76. The van der Waals surface area contributed by atoms with Crippen LogP contribution in [-0.2, 0) is 5.88 Å². The minimum atomic E-state index is 0.539. The largest absolute Gasteiger partial charge is 0.345 e. The number of alkyl halides is 1. The van der Waals surface area contributed by atoms with E-state index in [1.807, 2.05) is 6.20 Å². The third-order valence-corrected chi connectivity index (χ3v) is 3.83. The van der Waals surface area contributed by atoms with Gasteiger partial charge in [-0.05, 0) is 18.8 Å². The maximum absolute atomic E-state index is 5.76. The van der Waals surface area contributed by atoms with Gasteiger partial charge in [-0.3, -0.25) is 0 Å². The highest BCUT2D eigenvalue weighted by Gasteiger charge is 2.23. The summed E-state index contributed by atoms with van der Waals surface area (Å²) in [5.41, 5.74) is 1.05. The van der Waals surface area contributed by atoms with Gasteiger partial charge in [-0.15, -0.1) is 11.6 Å². The maximum Gasteiger partial charge on any atom is 0.109 e. The van der Waals surface area contributed by atoms with E-state index in [1.54, 1.807) is 0 Å². The van der Waals surface area contributed by atoms with Gasteiger partial charge in [-0.2, -0.15) is 0 Å². The number of hydrogen-bond acceptors (Lipinski definition) is 1. The van der Waals surface area contributed by atoms with Crippen LogP contribution in [0.15, 0.2) is 6.20 Å². The van der Waals surface area contributed by atoms with Crippen molar-refractivity contribution in [2.75, 3.05) is 0 Å². The minimum absolute atomic E-state index is 0.539. The highest BCUT2D eigenvalue weighted by molar-refractivity contribution is 6.16. The molecule has 1 aliphatic carbocycles. The first-order valence-electron chi connectivity index (χ1n) is 5.93. The SMILES string of the molecule is CCC1CCCC(c2ncc(CCl)[nH]2)C1. The van der Waals surface area contributed by atoms with E-state index in [0.717, 1.165) is 17.4 Å². The third kappa shape index (κ3) is 2.54. The Morgan fingerprint density at radius 2 is 2.40 bits per heavy atom. The molecule has 2 atom stereocenters. The van der Waals surface area contributed by atoms with Gasteiger partial charge in [0.1, 0.15) is 5.82 Å². The Labute approximate surface area is 96.4 Å². The number of rotatable bonds is 3. The van der Waals surface area contributed by atoms with E-state index >= 15 is 0 Å². The number of aromatic amines is 1. The molecule has 0 saturated heterocycles. The van der Waals surface area contributed by atoms with E-state index in [2.05, 4.69) is 16.9 Å². The Kier molecular flexibility index (Phi) is 3.68. The molecule has 0 radical (unpaired) electrons. The van der Waals surface area contributed by atoms with Crippen LogP contribution >= 0.6 is 11.6 Å². The molecule has 1 fully saturated rings. The lowest BCUT2D eigenvalue weighted by molar-refractivity contribution is 0.308. The van der Waals surface area contributed by atoms with Crippen molar-refractivity contribution in [3.8, 4) is 0 Å². The van der Waals surface area contributed by atoms with E-state index < -0.39 is 0 Å². The lowest BCUT2D eigenvalue weighted by Crippen LogP contribution is -2.14. The lowest BCUT2D eigenvalue weighted by atomic mass is 9.80. The summed E-state index contributed by atoms with van der Waals surface area (Å²) in [5, 5.41) is 0. The Bertz CT molecular complexity index is 308. The van der Waals surface area contributed by atoms with Gasteiger partial charge in [0.05, 0.1) is 5.88 Å². The Balaban J connectivity index is 2.03. The number of nitrogens with one attached hydrogen (secondary N) is 1. The smallest absolute Gasteiger partial charge is 0.109 e. The molecular formula is C12H19ClN2. The summed E-state index contributed by atoms with van der Waals surface area (Å²) >= 11 is 5.76. The summed E-state index contributed by atoms with van der Waals surface area (Å²) in [6.07, 6.45) is 8.51. The van der Waals surface area contributed by atoms with Gasteiger partial charge < -0.3 is 4.98 Å². The first kappa shape index (κ1) is 11.0. The molecule has 15 heavy (non-hydrogen) atoms. The first-order chi connectivity index (χ1) is 7.33. The Hall–Kier alpha value is -0.500. The van der Waals surface area contributed by atoms with Gasteiger partial charge in [0.25, 0.3) is 0 Å². The fraction of sp³-hybridized carbons (Fsp3) is 0.750. The van der Waals surface area contributed by atoms with Gasteiger partial charge in [0.2, 0.25) is 0 Å². The van der Waals surface area contributed by atoms with Crippen molar-refractivity contribution in [1.82, 2.24) is 9.97 Å². The molecule has 0 spiro atoms. The highest BCUT2D eigenvalue weighted by Crippen LogP contribution is 2.36. The zero-order valence-electron chi connectivity index (χ0n) is 9.30. The van der Waals surface area contributed by atoms with Crippen LogP contribution in [0.1, 0.15) is 56.5 Å². The van der Waals surface area contributed by atoms with E-state index in [-0.39, 0.29) is 0 Å². The van der Waals surface area contributed by atoms with Crippen LogP contribution < -0.4 is 0 Å². The monoisotopic (exact) mass is 226 g/mol. The van der Waals surface area contributed by atoms with Gasteiger partial charge in [-0.25, -0.2) is 4.98 Å². The second kappa shape index (κ2) is 5.02. The van der Waals surface area contributed by atoms with Crippen LogP contribution in [0, 0.1) is 5.92 Å². The van der Waals surface area contributed by atoms with Crippen LogP contribution in [0.2, 0.25) is 0 Å². The molecule has 2 unspecified atom stereocenters. The molecular weight excluding hydrogens is 208 g/mol. The number of hydrogen-bond donors (Lipinski definition) is 1. The molecule has 3 heteroatoms. The summed E-state index contributed by atoms with van der Waals surface area (Å²) in [6.45, 7) is 2.29. The predicted molar refractivity (Wildman–Crippen MR) is 63.1 cm³/mol. The Morgan fingerprint density at radius 1 is 1.53 bits per heavy atom. The zero-order chi connectivity index (χ0) is 10.7. The molecule has 1 aliphatic rings. The highest BCUT2D eigenvalue weighted by atomic mass is 35.5. The molecule has 0 bridgehead atoms. The summed E-state index contributed by atoms with van der Waals surface area (Å²) in [4.78, 5) is 7.77. The summed E-state index contributed by atoms with van der Waals surface area (Å²) < 4.78 is 0. The van der Waals surface area contributed by atoms with E-state index in [4.69, 9.17) is 11.6 Å². The van der Waals surface area contributed by atoms with Crippen molar-refractivity contribution >= 4 is 11.6 Å². The number of aromatic nitrogens is 2. The van der Waals surface area contributed by atoms with Gasteiger partial charge in [-0.1, -0.05) is 26.2 Å². The number of imidazole rings is 1. The van der Waals surface area contributed by atoms with Crippen LogP contribution in [0.4, 0.5) is 0 Å². The second-order valence-electron chi connectivity index (χ2n) is 4.57.